The lowest BCUT2D eigenvalue weighted by Crippen LogP contribution is -2.08. The maximum atomic E-state index is 6.53. The van der Waals surface area contributed by atoms with Crippen LogP contribution in [0.4, 0.5) is 0 Å². The molecule has 3 heteroatoms. The Bertz CT molecular complexity index is 2990. The summed E-state index contributed by atoms with van der Waals surface area (Å²) in [6, 6.07) is 57.1. The molecule has 7 aromatic carbocycles. The van der Waals surface area contributed by atoms with Crippen molar-refractivity contribution in [2.45, 2.75) is 12.5 Å². The highest BCUT2D eigenvalue weighted by Crippen LogP contribution is 2.41. The standard InChI is InChI=1S/C48H32N2O/c1-2-10-31(11-3-1)34-22-27-40-42-29-46-41(30-48(42)51-47(40)28-34)39-14-6-9-17-45(39)50(46)36-25-20-33(21-26-36)32-18-23-35(24-19-32)49-43-15-7-4-12-37(43)38-13-5-8-16-44(38)49/h1-25,27-30,36H,26H2. The van der Waals surface area contributed by atoms with Gasteiger partial charge in [-0.3, -0.25) is 0 Å². The van der Waals surface area contributed by atoms with E-state index < -0.39 is 0 Å². The number of furan rings is 1. The summed E-state index contributed by atoms with van der Waals surface area (Å²) in [6.45, 7) is 0. The molecule has 3 heterocycles. The molecule has 1 aliphatic rings. The molecule has 10 aromatic rings. The molecule has 0 amide bonds. The van der Waals surface area contributed by atoms with E-state index in [9.17, 15) is 0 Å². The summed E-state index contributed by atoms with van der Waals surface area (Å²) in [4.78, 5) is 0. The monoisotopic (exact) mass is 652 g/mol. The fourth-order valence-corrected chi connectivity index (χ4v) is 8.45. The average molecular weight is 653 g/mol. The summed E-state index contributed by atoms with van der Waals surface area (Å²) in [7, 11) is 0. The predicted octanol–water partition coefficient (Wildman–Crippen LogP) is 13.0. The largest absolute Gasteiger partial charge is 0.456 e. The molecule has 1 aliphatic carbocycles. The Morgan fingerprint density at radius 1 is 0.451 bits per heavy atom. The molecule has 0 spiro atoms. The van der Waals surface area contributed by atoms with Crippen molar-refractivity contribution in [2.75, 3.05) is 0 Å². The van der Waals surface area contributed by atoms with Crippen molar-refractivity contribution in [2.24, 2.45) is 0 Å². The normalized spacial score (nSPS) is 14.8. The highest BCUT2D eigenvalue weighted by Gasteiger charge is 2.21. The van der Waals surface area contributed by atoms with Crippen molar-refractivity contribution in [1.82, 2.24) is 9.13 Å². The lowest BCUT2D eigenvalue weighted by molar-refractivity contribution is 0.649. The van der Waals surface area contributed by atoms with Gasteiger partial charge in [-0.2, -0.15) is 0 Å². The second-order valence-electron chi connectivity index (χ2n) is 13.7. The highest BCUT2D eigenvalue weighted by molar-refractivity contribution is 6.17. The first-order valence-corrected chi connectivity index (χ1v) is 17.7. The minimum Gasteiger partial charge on any atom is -0.456 e. The van der Waals surface area contributed by atoms with Crippen LogP contribution in [0.15, 0.2) is 180 Å². The third-order valence-corrected chi connectivity index (χ3v) is 10.9. The second-order valence-corrected chi connectivity index (χ2v) is 13.7. The third-order valence-electron chi connectivity index (χ3n) is 10.9. The van der Waals surface area contributed by atoms with Crippen molar-refractivity contribution >= 4 is 71.1 Å². The number of fused-ring (bicyclic) bond motifs is 9. The zero-order valence-electron chi connectivity index (χ0n) is 27.8. The summed E-state index contributed by atoms with van der Waals surface area (Å²) >= 11 is 0. The number of hydrogen-bond donors (Lipinski definition) is 0. The van der Waals surface area contributed by atoms with Crippen LogP contribution in [0.3, 0.4) is 0 Å². The van der Waals surface area contributed by atoms with Gasteiger partial charge < -0.3 is 13.6 Å². The average Bonchev–Trinajstić information content (AvgIpc) is 3.84. The molecule has 0 bridgehead atoms. The van der Waals surface area contributed by atoms with E-state index in [1.165, 1.54) is 66.0 Å². The first-order valence-electron chi connectivity index (χ1n) is 17.7. The molecule has 0 radical (unpaired) electrons. The number of aromatic nitrogens is 2. The molecule has 0 saturated heterocycles. The lowest BCUT2D eigenvalue weighted by Gasteiger charge is -2.21. The zero-order chi connectivity index (χ0) is 33.5. The maximum Gasteiger partial charge on any atom is 0.136 e. The van der Waals surface area contributed by atoms with Gasteiger partial charge in [-0.1, -0.05) is 121 Å². The molecule has 1 atom stereocenters. The molecular weight excluding hydrogens is 621 g/mol. The first kappa shape index (κ1) is 28.3. The maximum absolute atomic E-state index is 6.53. The van der Waals surface area contributed by atoms with Crippen LogP contribution in [-0.4, -0.2) is 9.13 Å². The van der Waals surface area contributed by atoms with Crippen molar-refractivity contribution in [1.29, 1.82) is 0 Å². The fraction of sp³-hybridized carbons (Fsp3) is 0.0417. The van der Waals surface area contributed by atoms with Gasteiger partial charge in [0.05, 0.1) is 22.6 Å². The zero-order valence-corrected chi connectivity index (χ0v) is 27.8. The summed E-state index contributed by atoms with van der Waals surface area (Å²) in [5.41, 5.74) is 12.8. The van der Waals surface area contributed by atoms with E-state index in [1.54, 1.807) is 0 Å². The van der Waals surface area contributed by atoms with Gasteiger partial charge in [-0.15, -0.1) is 0 Å². The number of rotatable bonds is 4. The number of benzene rings is 7. The van der Waals surface area contributed by atoms with E-state index in [2.05, 4.69) is 185 Å². The topological polar surface area (TPSA) is 23.0 Å². The molecule has 0 saturated carbocycles. The smallest absolute Gasteiger partial charge is 0.136 e. The SMILES string of the molecule is C1=CC(n2c3ccccc3c3cc4oc5cc(-c6ccccc6)ccc5c4cc32)CC=C1c1ccc(-n2c3ccccc3c3ccccc32)cc1. The number of allylic oxidation sites excluding steroid dienone is 4. The van der Waals surface area contributed by atoms with Crippen LogP contribution < -0.4 is 0 Å². The van der Waals surface area contributed by atoms with Crippen LogP contribution >= 0.6 is 0 Å². The quantitative estimate of drug-likeness (QED) is 0.186. The Morgan fingerprint density at radius 2 is 1.08 bits per heavy atom. The van der Waals surface area contributed by atoms with Crippen LogP contribution in [-0.2, 0) is 0 Å². The molecule has 51 heavy (non-hydrogen) atoms. The van der Waals surface area contributed by atoms with Crippen LogP contribution in [0.2, 0.25) is 0 Å². The van der Waals surface area contributed by atoms with Gasteiger partial charge in [-0.05, 0) is 83.3 Å². The van der Waals surface area contributed by atoms with Crippen LogP contribution in [0.25, 0.3) is 87.9 Å². The minimum atomic E-state index is 0.202. The molecular formula is C48H32N2O. The van der Waals surface area contributed by atoms with Gasteiger partial charge >= 0.3 is 0 Å². The van der Waals surface area contributed by atoms with Crippen molar-refractivity contribution in [3.05, 3.63) is 182 Å². The van der Waals surface area contributed by atoms with Crippen molar-refractivity contribution in [3.8, 4) is 16.8 Å². The van der Waals surface area contributed by atoms with Crippen LogP contribution in [0.5, 0.6) is 0 Å². The molecule has 0 N–H and O–H groups in total. The van der Waals surface area contributed by atoms with Gasteiger partial charge in [0.2, 0.25) is 0 Å². The van der Waals surface area contributed by atoms with E-state index in [4.69, 9.17) is 4.42 Å². The summed E-state index contributed by atoms with van der Waals surface area (Å²) in [5.74, 6) is 0. The first-order chi connectivity index (χ1) is 25.3. The van der Waals surface area contributed by atoms with Crippen LogP contribution in [0.1, 0.15) is 18.0 Å². The molecule has 3 aromatic heterocycles. The van der Waals surface area contributed by atoms with Gasteiger partial charge in [0, 0.05) is 43.5 Å². The van der Waals surface area contributed by atoms with Crippen molar-refractivity contribution in [3.63, 3.8) is 0 Å². The Labute approximate surface area is 294 Å². The summed E-state index contributed by atoms with van der Waals surface area (Å²) < 4.78 is 11.4. The van der Waals surface area contributed by atoms with E-state index >= 15 is 0 Å². The minimum absolute atomic E-state index is 0.202. The number of nitrogens with zero attached hydrogens (tertiary/aromatic N) is 2. The third kappa shape index (κ3) is 4.31. The van der Waals surface area contributed by atoms with E-state index in [0.29, 0.717) is 0 Å². The number of para-hydroxylation sites is 3. The van der Waals surface area contributed by atoms with E-state index in [0.717, 1.165) is 33.9 Å². The molecule has 1 unspecified atom stereocenters. The van der Waals surface area contributed by atoms with Gasteiger partial charge in [0.1, 0.15) is 11.2 Å². The Balaban J connectivity index is 0.958. The Morgan fingerprint density at radius 3 is 1.78 bits per heavy atom. The van der Waals surface area contributed by atoms with Gasteiger partial charge in [0.15, 0.2) is 0 Å². The Kier molecular flexibility index (Phi) is 6.08. The number of hydrogen-bond acceptors (Lipinski definition) is 1. The highest BCUT2D eigenvalue weighted by atomic mass is 16.3. The van der Waals surface area contributed by atoms with Crippen LogP contribution in [0, 0.1) is 0 Å². The van der Waals surface area contributed by atoms with E-state index in [1.807, 2.05) is 0 Å². The Hall–Kier alpha value is -6.58. The molecule has 11 rings (SSSR count). The predicted molar refractivity (Wildman–Crippen MR) is 214 cm³/mol. The second kappa shape index (κ2) is 11.0. The fourth-order valence-electron chi connectivity index (χ4n) is 8.45. The molecule has 0 fully saturated rings. The molecule has 3 nitrogen and oxygen atoms in total. The summed E-state index contributed by atoms with van der Waals surface area (Å²) in [5, 5.41) is 7.35. The van der Waals surface area contributed by atoms with Crippen molar-refractivity contribution < 1.29 is 4.42 Å². The molecule has 240 valence electrons. The van der Waals surface area contributed by atoms with E-state index in [-0.39, 0.29) is 6.04 Å². The van der Waals surface area contributed by atoms with Gasteiger partial charge in [-0.25, -0.2) is 0 Å². The molecule has 0 aliphatic heterocycles. The van der Waals surface area contributed by atoms with Gasteiger partial charge in [0.25, 0.3) is 0 Å². The lowest BCUT2D eigenvalue weighted by atomic mass is 9.96. The summed E-state index contributed by atoms with van der Waals surface area (Å²) in [6.07, 6.45) is 8.00.